The number of benzene rings is 2. The Bertz CT molecular complexity index is 1850. The number of imidazole rings is 1. The van der Waals surface area contributed by atoms with E-state index < -0.39 is 5.60 Å². The number of rotatable bonds is 5. The van der Waals surface area contributed by atoms with Crippen LogP contribution < -0.4 is 5.73 Å². The molecular weight excluding hydrogens is 562 g/mol. The molecule has 0 radical (unpaired) electrons. The highest BCUT2D eigenvalue weighted by molar-refractivity contribution is 5.84. The molecule has 2 aliphatic heterocycles. The standard InChI is InChI=1S/C36H39N7O2/c1-35(2,3)45-34(44)42-21-18-36(24-42)17-20-41(23-36)22-25-11-13-27(14-12-25)43-32(28-10-7-19-38-31(28)37)40-30-16-15-29(39-33(30)43)26-8-5-4-6-9-26/h4-16,19H,17-18,20-24H2,1-3H3,(H2,37,38). The van der Waals surface area contributed by atoms with Gasteiger partial charge in [0.15, 0.2) is 11.5 Å². The second kappa shape index (κ2) is 11.3. The topological polar surface area (TPSA) is 102 Å². The van der Waals surface area contributed by atoms with Gasteiger partial charge in [-0.15, -0.1) is 0 Å². The molecule has 1 spiro atoms. The summed E-state index contributed by atoms with van der Waals surface area (Å²) in [6.45, 7) is 10.2. The van der Waals surface area contributed by atoms with Crippen molar-refractivity contribution in [2.45, 2.75) is 45.8 Å². The number of likely N-dealkylation sites (tertiary alicyclic amines) is 2. The molecule has 2 saturated heterocycles. The third-order valence-electron chi connectivity index (χ3n) is 8.86. The smallest absolute Gasteiger partial charge is 0.410 e. The predicted octanol–water partition coefficient (Wildman–Crippen LogP) is 6.56. The summed E-state index contributed by atoms with van der Waals surface area (Å²) in [5, 5.41) is 0. The normalized spacial score (nSPS) is 18.7. The monoisotopic (exact) mass is 601 g/mol. The van der Waals surface area contributed by atoms with Crippen LogP contribution in [0, 0.1) is 5.41 Å². The van der Waals surface area contributed by atoms with E-state index >= 15 is 0 Å². The summed E-state index contributed by atoms with van der Waals surface area (Å²) in [6.07, 6.45) is 3.61. The van der Waals surface area contributed by atoms with Gasteiger partial charge in [0.1, 0.15) is 16.9 Å². The Morgan fingerprint density at radius 1 is 0.911 bits per heavy atom. The summed E-state index contributed by atoms with van der Waals surface area (Å²) in [7, 11) is 0. The van der Waals surface area contributed by atoms with Gasteiger partial charge in [-0.2, -0.15) is 0 Å². The van der Waals surface area contributed by atoms with E-state index in [2.05, 4.69) is 50.8 Å². The van der Waals surface area contributed by atoms with E-state index in [1.54, 1.807) is 6.20 Å². The van der Waals surface area contributed by atoms with E-state index in [0.29, 0.717) is 11.6 Å². The number of nitrogens with two attached hydrogens (primary N) is 1. The van der Waals surface area contributed by atoms with Gasteiger partial charge < -0.3 is 15.4 Å². The summed E-state index contributed by atoms with van der Waals surface area (Å²) in [5.74, 6) is 1.13. The summed E-state index contributed by atoms with van der Waals surface area (Å²) in [6, 6.07) is 26.7. The van der Waals surface area contributed by atoms with Crippen LogP contribution in [0.3, 0.4) is 0 Å². The fraction of sp³-hybridized carbons (Fsp3) is 0.333. The Balaban J connectivity index is 1.14. The maximum atomic E-state index is 12.7. The summed E-state index contributed by atoms with van der Waals surface area (Å²) < 4.78 is 7.72. The van der Waals surface area contributed by atoms with E-state index in [1.807, 2.05) is 68.1 Å². The van der Waals surface area contributed by atoms with Crippen molar-refractivity contribution in [3.8, 4) is 28.3 Å². The molecular formula is C36H39N7O2. The molecule has 1 amide bonds. The molecule has 1 atom stereocenters. The lowest BCUT2D eigenvalue weighted by Crippen LogP contribution is -2.37. The van der Waals surface area contributed by atoms with Crippen molar-refractivity contribution in [1.82, 2.24) is 29.3 Å². The molecule has 2 fully saturated rings. The molecule has 2 N–H and O–H groups in total. The molecule has 1 unspecified atom stereocenters. The Morgan fingerprint density at radius 2 is 1.69 bits per heavy atom. The maximum Gasteiger partial charge on any atom is 0.410 e. The van der Waals surface area contributed by atoms with Crippen LogP contribution >= 0.6 is 0 Å². The number of hydrogen-bond donors (Lipinski definition) is 1. The highest BCUT2D eigenvalue weighted by Crippen LogP contribution is 2.40. The number of nitrogens with zero attached hydrogens (tertiary/aromatic N) is 6. The molecule has 3 aromatic heterocycles. The molecule has 9 nitrogen and oxygen atoms in total. The van der Waals surface area contributed by atoms with E-state index in [4.69, 9.17) is 20.4 Å². The van der Waals surface area contributed by atoms with E-state index in [1.165, 1.54) is 5.56 Å². The number of aromatic nitrogens is 4. The van der Waals surface area contributed by atoms with Gasteiger partial charge in [0.05, 0.1) is 11.3 Å². The van der Waals surface area contributed by atoms with Crippen molar-refractivity contribution in [3.63, 3.8) is 0 Å². The first-order chi connectivity index (χ1) is 21.7. The van der Waals surface area contributed by atoms with Gasteiger partial charge in [0, 0.05) is 49.0 Å². The second-order valence-corrected chi connectivity index (χ2v) is 13.4. The summed E-state index contributed by atoms with van der Waals surface area (Å²) in [4.78, 5) is 31.5. The van der Waals surface area contributed by atoms with Gasteiger partial charge in [-0.25, -0.2) is 19.7 Å². The van der Waals surface area contributed by atoms with Crippen LogP contribution in [0.15, 0.2) is 85.1 Å². The average molecular weight is 602 g/mol. The maximum absolute atomic E-state index is 12.7. The first-order valence-corrected chi connectivity index (χ1v) is 15.6. The van der Waals surface area contributed by atoms with Crippen LogP contribution in [0.4, 0.5) is 10.6 Å². The molecule has 0 saturated carbocycles. The van der Waals surface area contributed by atoms with Gasteiger partial charge >= 0.3 is 6.09 Å². The number of hydrogen-bond acceptors (Lipinski definition) is 7. The number of ether oxygens (including phenoxy) is 1. The fourth-order valence-corrected chi connectivity index (χ4v) is 6.68. The number of fused-ring (bicyclic) bond motifs is 1. The minimum Gasteiger partial charge on any atom is -0.444 e. The van der Waals surface area contributed by atoms with Crippen molar-refractivity contribution < 1.29 is 9.53 Å². The fourth-order valence-electron chi connectivity index (χ4n) is 6.68. The lowest BCUT2D eigenvalue weighted by Gasteiger charge is -2.27. The van der Waals surface area contributed by atoms with E-state index in [9.17, 15) is 4.79 Å². The predicted molar refractivity (Wildman–Crippen MR) is 177 cm³/mol. The molecule has 9 heteroatoms. The molecule has 7 rings (SSSR count). The summed E-state index contributed by atoms with van der Waals surface area (Å²) >= 11 is 0. The van der Waals surface area contributed by atoms with Gasteiger partial charge in [-0.05, 0) is 82.1 Å². The summed E-state index contributed by atoms with van der Waals surface area (Å²) in [5.41, 5.74) is 12.4. The molecule has 230 valence electrons. The highest BCUT2D eigenvalue weighted by Gasteiger charge is 2.45. The first kappa shape index (κ1) is 29.0. The van der Waals surface area contributed by atoms with Gasteiger partial charge in [-0.1, -0.05) is 42.5 Å². The number of amides is 1. The molecule has 2 aromatic carbocycles. The van der Waals surface area contributed by atoms with Crippen LogP contribution in [0.25, 0.3) is 39.5 Å². The Kier molecular flexibility index (Phi) is 7.28. The van der Waals surface area contributed by atoms with Gasteiger partial charge in [0.25, 0.3) is 0 Å². The Morgan fingerprint density at radius 3 is 2.44 bits per heavy atom. The minimum atomic E-state index is -0.477. The third kappa shape index (κ3) is 5.88. The van der Waals surface area contributed by atoms with Crippen LogP contribution in [-0.4, -0.2) is 67.2 Å². The largest absolute Gasteiger partial charge is 0.444 e. The van der Waals surface area contributed by atoms with E-state index in [0.717, 1.165) is 79.2 Å². The van der Waals surface area contributed by atoms with Crippen molar-refractivity contribution in [2.75, 3.05) is 31.9 Å². The number of carbonyl (C=O) groups is 1. The van der Waals surface area contributed by atoms with Gasteiger partial charge in [0.2, 0.25) is 0 Å². The average Bonchev–Trinajstić information content (AvgIpc) is 3.74. The quantitative estimate of drug-likeness (QED) is 0.243. The van der Waals surface area contributed by atoms with E-state index in [-0.39, 0.29) is 11.5 Å². The highest BCUT2D eigenvalue weighted by atomic mass is 16.6. The molecule has 0 aliphatic carbocycles. The number of carbonyl (C=O) groups excluding carboxylic acids is 1. The van der Waals surface area contributed by atoms with Crippen molar-refractivity contribution >= 4 is 23.1 Å². The zero-order valence-corrected chi connectivity index (χ0v) is 26.1. The molecule has 5 aromatic rings. The second-order valence-electron chi connectivity index (χ2n) is 13.4. The number of pyridine rings is 2. The van der Waals surface area contributed by atoms with Crippen LogP contribution in [0.1, 0.15) is 39.2 Å². The van der Waals surface area contributed by atoms with Crippen molar-refractivity contribution in [1.29, 1.82) is 0 Å². The van der Waals surface area contributed by atoms with Gasteiger partial charge in [-0.3, -0.25) is 9.47 Å². The third-order valence-corrected chi connectivity index (χ3v) is 8.86. The number of nitrogen functional groups attached to an aromatic ring is 1. The minimum absolute atomic E-state index is 0.146. The molecule has 2 aliphatic rings. The zero-order valence-electron chi connectivity index (χ0n) is 26.1. The first-order valence-electron chi connectivity index (χ1n) is 15.6. The van der Waals surface area contributed by atoms with Crippen LogP contribution in [0.5, 0.6) is 0 Å². The van der Waals surface area contributed by atoms with Crippen LogP contribution in [0.2, 0.25) is 0 Å². The number of anilines is 1. The Labute approximate surface area is 263 Å². The molecule has 0 bridgehead atoms. The lowest BCUT2D eigenvalue weighted by atomic mass is 9.86. The van der Waals surface area contributed by atoms with Crippen LogP contribution in [-0.2, 0) is 11.3 Å². The molecule has 5 heterocycles. The molecule has 45 heavy (non-hydrogen) atoms. The lowest BCUT2D eigenvalue weighted by molar-refractivity contribution is 0.0274. The Hall–Kier alpha value is -4.76. The van der Waals surface area contributed by atoms with Crippen molar-refractivity contribution in [2.24, 2.45) is 5.41 Å². The zero-order chi connectivity index (χ0) is 31.2. The van der Waals surface area contributed by atoms with Crippen molar-refractivity contribution in [3.05, 3.63) is 90.6 Å². The SMILES string of the molecule is CC(C)(C)OC(=O)N1CCC2(CCN(Cc3ccc(-n4c(-c5cccnc5N)nc5ccc(-c6ccccc6)nc54)cc3)C2)C1.